The van der Waals surface area contributed by atoms with E-state index in [9.17, 15) is 14.9 Å². The second-order valence-corrected chi connectivity index (χ2v) is 5.16. The second kappa shape index (κ2) is 8.57. The predicted molar refractivity (Wildman–Crippen MR) is 94.2 cm³/mol. The van der Waals surface area contributed by atoms with Crippen LogP contribution in [0.2, 0.25) is 0 Å². The number of hydrogen-bond donors (Lipinski definition) is 2. The fourth-order valence-corrected chi connectivity index (χ4v) is 2.34. The summed E-state index contributed by atoms with van der Waals surface area (Å²) >= 11 is 0. The highest BCUT2D eigenvalue weighted by atomic mass is 16.6. The van der Waals surface area contributed by atoms with Gasteiger partial charge in [0, 0.05) is 13.1 Å². The molecular formula is C16H20N6O3. The Morgan fingerprint density at radius 2 is 1.88 bits per heavy atom. The summed E-state index contributed by atoms with van der Waals surface area (Å²) < 4.78 is 0. The first-order valence-electron chi connectivity index (χ1n) is 7.89. The number of nitrogens with zero attached hydrogens (tertiary/aromatic N) is 4. The number of anilines is 2. The Hall–Kier alpha value is -3.23. The largest absolute Gasteiger partial charge is 0.355 e. The normalized spacial score (nSPS) is 10.2. The summed E-state index contributed by atoms with van der Waals surface area (Å²) in [4.78, 5) is 32.6. The summed E-state index contributed by atoms with van der Waals surface area (Å²) in [5.74, 6) is -0.170. The van der Waals surface area contributed by atoms with E-state index in [1.54, 1.807) is 4.90 Å². The summed E-state index contributed by atoms with van der Waals surface area (Å²) in [6.45, 7) is 4.89. The lowest BCUT2D eigenvalue weighted by molar-refractivity contribution is -0.383. The maximum atomic E-state index is 12.0. The van der Waals surface area contributed by atoms with Crippen molar-refractivity contribution in [3.63, 3.8) is 0 Å². The third-order valence-electron chi connectivity index (χ3n) is 3.58. The van der Waals surface area contributed by atoms with E-state index in [0.29, 0.717) is 13.1 Å². The molecule has 0 atom stereocenters. The molecule has 0 aliphatic rings. The number of aromatic nitrogens is 2. The van der Waals surface area contributed by atoms with Crippen LogP contribution in [0.1, 0.15) is 19.4 Å². The molecule has 0 saturated heterocycles. The number of hydrogen-bond acceptors (Lipinski definition) is 7. The molecule has 0 aliphatic heterocycles. The van der Waals surface area contributed by atoms with E-state index in [1.165, 1.54) is 6.33 Å². The zero-order chi connectivity index (χ0) is 18.2. The van der Waals surface area contributed by atoms with Gasteiger partial charge in [0.05, 0.1) is 11.3 Å². The monoisotopic (exact) mass is 344 g/mol. The highest BCUT2D eigenvalue weighted by molar-refractivity contribution is 5.81. The summed E-state index contributed by atoms with van der Waals surface area (Å²) in [6.07, 6.45) is 1.38. The number of benzene rings is 1. The summed E-state index contributed by atoms with van der Waals surface area (Å²) in [5, 5.41) is 11.5. The molecule has 1 aromatic carbocycles. The number of hydrazine groups is 1. The van der Waals surface area contributed by atoms with Crippen LogP contribution in [-0.2, 0) is 11.2 Å². The number of carbonyl (C=O) groups excluding carboxylic acids is 1. The van der Waals surface area contributed by atoms with Crippen molar-refractivity contribution in [1.82, 2.24) is 15.4 Å². The molecule has 132 valence electrons. The lowest BCUT2D eigenvalue weighted by Gasteiger charge is -2.20. The maximum Gasteiger partial charge on any atom is 0.355 e. The third-order valence-corrected chi connectivity index (χ3v) is 3.58. The topological polar surface area (TPSA) is 113 Å². The molecule has 0 bridgehead atoms. The van der Waals surface area contributed by atoms with Crippen LogP contribution in [0.5, 0.6) is 0 Å². The standard InChI is InChI=1S/C16H20N6O3/c1-3-21(4-2)16-14(22(24)25)15(17-11-18-16)20-19-13(23)10-12-8-6-5-7-9-12/h5-9,11H,3-4,10H2,1-2H3,(H,19,23)(H,17,18,20). The minimum atomic E-state index is -0.556. The first-order valence-corrected chi connectivity index (χ1v) is 7.89. The average molecular weight is 344 g/mol. The Labute approximate surface area is 145 Å². The SMILES string of the molecule is CCN(CC)c1ncnc(NNC(=O)Cc2ccccc2)c1[N+](=O)[O-]. The molecule has 25 heavy (non-hydrogen) atoms. The van der Waals surface area contributed by atoms with E-state index in [-0.39, 0.29) is 29.7 Å². The zero-order valence-corrected chi connectivity index (χ0v) is 14.1. The molecule has 0 aliphatic carbocycles. The number of rotatable bonds is 8. The summed E-state index contributed by atoms with van der Waals surface area (Å²) in [7, 11) is 0. The van der Waals surface area contributed by atoms with Gasteiger partial charge in [-0.05, 0) is 19.4 Å². The van der Waals surface area contributed by atoms with Gasteiger partial charge in [0.15, 0.2) is 0 Å². The van der Waals surface area contributed by atoms with Gasteiger partial charge in [0.25, 0.3) is 0 Å². The summed E-state index contributed by atoms with van der Waals surface area (Å²) in [5.41, 5.74) is 5.55. The molecule has 2 rings (SSSR count). The van der Waals surface area contributed by atoms with Crippen LogP contribution >= 0.6 is 0 Å². The molecule has 0 saturated carbocycles. The molecule has 1 aromatic heterocycles. The van der Waals surface area contributed by atoms with Crippen molar-refractivity contribution in [3.8, 4) is 0 Å². The van der Waals surface area contributed by atoms with E-state index < -0.39 is 4.92 Å². The van der Waals surface area contributed by atoms with Gasteiger partial charge >= 0.3 is 5.69 Å². The highest BCUT2D eigenvalue weighted by Gasteiger charge is 2.26. The van der Waals surface area contributed by atoms with Crippen molar-refractivity contribution < 1.29 is 9.72 Å². The van der Waals surface area contributed by atoms with Crippen molar-refractivity contribution in [2.75, 3.05) is 23.4 Å². The maximum absolute atomic E-state index is 12.0. The molecule has 9 nitrogen and oxygen atoms in total. The number of nitro groups is 1. The van der Waals surface area contributed by atoms with Crippen molar-refractivity contribution >= 4 is 23.2 Å². The van der Waals surface area contributed by atoms with Crippen molar-refractivity contribution in [2.45, 2.75) is 20.3 Å². The van der Waals surface area contributed by atoms with Crippen molar-refractivity contribution in [2.24, 2.45) is 0 Å². The zero-order valence-electron chi connectivity index (χ0n) is 14.1. The van der Waals surface area contributed by atoms with Gasteiger partial charge in [-0.3, -0.25) is 25.8 Å². The first kappa shape index (κ1) is 18.1. The molecule has 0 fully saturated rings. The van der Waals surface area contributed by atoms with Crippen LogP contribution in [0.15, 0.2) is 36.7 Å². The lowest BCUT2D eigenvalue weighted by atomic mass is 10.1. The van der Waals surface area contributed by atoms with E-state index >= 15 is 0 Å². The molecule has 0 spiro atoms. The number of nitrogens with one attached hydrogen (secondary N) is 2. The quantitative estimate of drug-likeness (QED) is 0.555. The third kappa shape index (κ3) is 4.63. The Kier molecular flexibility index (Phi) is 6.21. The first-order chi connectivity index (χ1) is 12.1. The van der Waals surface area contributed by atoms with Crippen LogP contribution in [0, 0.1) is 10.1 Å². The van der Waals surface area contributed by atoms with Crippen LogP contribution < -0.4 is 15.8 Å². The van der Waals surface area contributed by atoms with Gasteiger partial charge in [-0.1, -0.05) is 30.3 Å². The van der Waals surface area contributed by atoms with Gasteiger partial charge < -0.3 is 4.90 Å². The number of amides is 1. The second-order valence-electron chi connectivity index (χ2n) is 5.16. The lowest BCUT2D eigenvalue weighted by Crippen LogP contribution is -2.32. The van der Waals surface area contributed by atoms with Gasteiger partial charge in [-0.25, -0.2) is 9.97 Å². The predicted octanol–water partition coefficient (Wildman–Crippen LogP) is 1.92. The minimum absolute atomic E-state index is 0.0525. The van der Waals surface area contributed by atoms with Crippen LogP contribution in [0.25, 0.3) is 0 Å². The average Bonchev–Trinajstić information content (AvgIpc) is 2.61. The fourth-order valence-electron chi connectivity index (χ4n) is 2.34. The molecule has 0 radical (unpaired) electrons. The van der Waals surface area contributed by atoms with Gasteiger partial charge in [-0.15, -0.1) is 0 Å². The van der Waals surface area contributed by atoms with E-state index in [1.807, 2.05) is 44.2 Å². The van der Waals surface area contributed by atoms with Crippen molar-refractivity contribution in [1.29, 1.82) is 0 Å². The van der Waals surface area contributed by atoms with Gasteiger partial charge in [0.1, 0.15) is 6.33 Å². The Balaban J connectivity index is 2.14. The van der Waals surface area contributed by atoms with Gasteiger partial charge in [0.2, 0.25) is 17.5 Å². The molecular weight excluding hydrogens is 324 g/mol. The molecule has 0 unspecified atom stereocenters. The molecule has 9 heteroatoms. The Morgan fingerprint density at radius 3 is 2.48 bits per heavy atom. The van der Waals surface area contributed by atoms with Crippen LogP contribution in [0.4, 0.5) is 17.3 Å². The van der Waals surface area contributed by atoms with Gasteiger partial charge in [-0.2, -0.15) is 0 Å². The van der Waals surface area contributed by atoms with E-state index in [2.05, 4.69) is 20.8 Å². The summed E-state index contributed by atoms with van der Waals surface area (Å²) in [6, 6.07) is 9.18. The molecule has 1 heterocycles. The fraction of sp³-hybridized carbons (Fsp3) is 0.312. The Morgan fingerprint density at radius 1 is 1.20 bits per heavy atom. The van der Waals surface area contributed by atoms with Crippen LogP contribution in [-0.4, -0.2) is 33.9 Å². The number of carbonyl (C=O) groups is 1. The molecule has 2 aromatic rings. The van der Waals surface area contributed by atoms with Crippen LogP contribution in [0.3, 0.4) is 0 Å². The van der Waals surface area contributed by atoms with Crippen molar-refractivity contribution in [3.05, 3.63) is 52.3 Å². The molecule has 1 amide bonds. The minimum Gasteiger partial charge on any atom is -0.351 e. The molecule has 2 N–H and O–H groups in total. The smallest absolute Gasteiger partial charge is 0.351 e. The van der Waals surface area contributed by atoms with E-state index in [4.69, 9.17) is 0 Å². The highest BCUT2D eigenvalue weighted by Crippen LogP contribution is 2.31. The Bertz CT molecular complexity index is 734. The van der Waals surface area contributed by atoms with E-state index in [0.717, 1.165) is 5.56 Å².